The van der Waals surface area contributed by atoms with Crippen LogP contribution in [-0.2, 0) is 0 Å². The van der Waals surface area contributed by atoms with Crippen LogP contribution in [0.1, 0.15) is 25.7 Å². The number of amides is 1. The molecule has 2 rings (SSSR count). The van der Waals surface area contributed by atoms with Gasteiger partial charge < -0.3 is 20.2 Å². The minimum Gasteiger partial charge on any atom is -0.465 e. The van der Waals surface area contributed by atoms with Gasteiger partial charge in [0, 0.05) is 25.2 Å². The van der Waals surface area contributed by atoms with E-state index in [9.17, 15) is 4.79 Å². The van der Waals surface area contributed by atoms with Gasteiger partial charge in [0.15, 0.2) is 0 Å². The van der Waals surface area contributed by atoms with Crippen LogP contribution in [0.2, 0.25) is 0 Å². The SMILES string of the molecule is CN1CCC(NCC2CCCN2C(=O)O)CC1. The number of carbonyl (C=O) groups is 1. The van der Waals surface area contributed by atoms with Crippen LogP contribution in [0.3, 0.4) is 0 Å². The van der Waals surface area contributed by atoms with Crippen LogP contribution in [0.4, 0.5) is 4.79 Å². The quantitative estimate of drug-likeness (QED) is 0.768. The topological polar surface area (TPSA) is 55.8 Å². The summed E-state index contributed by atoms with van der Waals surface area (Å²) in [5.41, 5.74) is 0. The van der Waals surface area contributed by atoms with Crippen molar-refractivity contribution in [2.75, 3.05) is 33.2 Å². The third kappa shape index (κ3) is 3.33. The monoisotopic (exact) mass is 241 g/mol. The Hall–Kier alpha value is -0.810. The first kappa shape index (κ1) is 12.6. The van der Waals surface area contributed by atoms with Crippen LogP contribution in [0.15, 0.2) is 0 Å². The second kappa shape index (κ2) is 5.69. The second-order valence-electron chi connectivity index (χ2n) is 5.26. The largest absolute Gasteiger partial charge is 0.465 e. The van der Waals surface area contributed by atoms with Crippen LogP contribution in [0.5, 0.6) is 0 Å². The van der Waals surface area contributed by atoms with Gasteiger partial charge in [0.05, 0.1) is 0 Å². The first-order valence-electron chi connectivity index (χ1n) is 6.58. The van der Waals surface area contributed by atoms with Gasteiger partial charge in [-0.05, 0) is 45.8 Å². The molecular weight excluding hydrogens is 218 g/mol. The molecule has 0 aliphatic carbocycles. The molecule has 98 valence electrons. The average Bonchev–Trinajstić information content (AvgIpc) is 2.76. The number of rotatable bonds is 3. The first-order valence-corrected chi connectivity index (χ1v) is 6.58. The van der Waals surface area contributed by atoms with Crippen molar-refractivity contribution in [2.24, 2.45) is 0 Å². The molecule has 0 bridgehead atoms. The minimum atomic E-state index is -0.766. The zero-order valence-electron chi connectivity index (χ0n) is 10.6. The lowest BCUT2D eigenvalue weighted by molar-refractivity contribution is 0.137. The maximum atomic E-state index is 11.0. The fraction of sp³-hybridized carbons (Fsp3) is 0.917. The maximum Gasteiger partial charge on any atom is 0.407 e. The molecule has 2 fully saturated rings. The summed E-state index contributed by atoms with van der Waals surface area (Å²) >= 11 is 0. The van der Waals surface area contributed by atoms with Gasteiger partial charge in [-0.2, -0.15) is 0 Å². The van der Waals surface area contributed by atoms with Gasteiger partial charge in [-0.25, -0.2) is 4.79 Å². The lowest BCUT2D eigenvalue weighted by Gasteiger charge is -2.31. The zero-order valence-corrected chi connectivity index (χ0v) is 10.6. The van der Waals surface area contributed by atoms with Crippen molar-refractivity contribution in [3.05, 3.63) is 0 Å². The fourth-order valence-corrected chi connectivity index (χ4v) is 2.82. The fourth-order valence-electron chi connectivity index (χ4n) is 2.82. The van der Waals surface area contributed by atoms with Gasteiger partial charge in [-0.3, -0.25) is 0 Å². The smallest absolute Gasteiger partial charge is 0.407 e. The van der Waals surface area contributed by atoms with Crippen molar-refractivity contribution in [1.29, 1.82) is 0 Å². The molecule has 1 amide bonds. The number of nitrogens with one attached hydrogen (secondary N) is 1. The molecule has 0 saturated carbocycles. The van der Waals surface area contributed by atoms with Crippen molar-refractivity contribution < 1.29 is 9.90 Å². The van der Waals surface area contributed by atoms with Gasteiger partial charge in [-0.15, -0.1) is 0 Å². The molecule has 2 heterocycles. The van der Waals surface area contributed by atoms with Gasteiger partial charge >= 0.3 is 6.09 Å². The molecular formula is C12H23N3O2. The summed E-state index contributed by atoms with van der Waals surface area (Å²) < 4.78 is 0. The Labute approximate surface area is 103 Å². The first-order chi connectivity index (χ1) is 8.16. The van der Waals surface area contributed by atoms with Crippen molar-refractivity contribution in [2.45, 2.75) is 37.8 Å². The van der Waals surface area contributed by atoms with E-state index in [0.717, 1.165) is 32.5 Å². The van der Waals surface area contributed by atoms with E-state index in [4.69, 9.17) is 5.11 Å². The summed E-state index contributed by atoms with van der Waals surface area (Å²) in [4.78, 5) is 14.9. The molecule has 2 aliphatic heterocycles. The molecule has 1 unspecified atom stereocenters. The lowest BCUT2D eigenvalue weighted by atomic mass is 10.1. The van der Waals surface area contributed by atoms with Gasteiger partial charge in [0.2, 0.25) is 0 Å². The van der Waals surface area contributed by atoms with Crippen LogP contribution < -0.4 is 5.32 Å². The highest BCUT2D eigenvalue weighted by molar-refractivity contribution is 5.65. The maximum absolute atomic E-state index is 11.0. The number of carboxylic acid groups (broad SMARTS) is 1. The molecule has 0 aromatic carbocycles. The molecule has 0 radical (unpaired) electrons. The number of nitrogens with zero attached hydrogens (tertiary/aromatic N) is 2. The number of hydrogen-bond acceptors (Lipinski definition) is 3. The molecule has 0 spiro atoms. The molecule has 5 nitrogen and oxygen atoms in total. The predicted octanol–water partition coefficient (Wildman–Crippen LogP) is 0.813. The van der Waals surface area contributed by atoms with Crippen LogP contribution >= 0.6 is 0 Å². The summed E-state index contributed by atoms with van der Waals surface area (Å²) in [6.45, 7) is 3.81. The molecule has 17 heavy (non-hydrogen) atoms. The van der Waals surface area contributed by atoms with E-state index >= 15 is 0 Å². The number of piperidine rings is 1. The van der Waals surface area contributed by atoms with Crippen LogP contribution in [0, 0.1) is 0 Å². The van der Waals surface area contributed by atoms with Gasteiger partial charge in [0.1, 0.15) is 0 Å². The molecule has 2 N–H and O–H groups in total. The minimum absolute atomic E-state index is 0.187. The van der Waals surface area contributed by atoms with E-state index in [0.29, 0.717) is 12.6 Å². The lowest BCUT2D eigenvalue weighted by Crippen LogP contribution is -2.47. The van der Waals surface area contributed by atoms with Crippen LogP contribution in [-0.4, -0.2) is 66.3 Å². The van der Waals surface area contributed by atoms with Crippen molar-refractivity contribution >= 4 is 6.09 Å². The zero-order chi connectivity index (χ0) is 12.3. The number of likely N-dealkylation sites (tertiary alicyclic amines) is 2. The standard InChI is InChI=1S/C12H23N3O2/c1-14-7-4-10(5-8-14)13-9-11-3-2-6-15(11)12(16)17/h10-11,13H,2-9H2,1H3,(H,16,17). The normalized spacial score (nSPS) is 27.6. The third-order valence-electron chi connectivity index (χ3n) is 3.98. The Morgan fingerprint density at radius 1 is 1.29 bits per heavy atom. The molecule has 1 atom stereocenters. The highest BCUT2D eigenvalue weighted by atomic mass is 16.4. The predicted molar refractivity (Wildman–Crippen MR) is 66.3 cm³/mol. The van der Waals surface area contributed by atoms with E-state index in [1.807, 2.05) is 0 Å². The molecule has 2 aliphatic rings. The Bertz CT molecular complexity index is 264. The summed E-state index contributed by atoms with van der Waals surface area (Å²) in [5, 5.41) is 12.6. The van der Waals surface area contributed by atoms with E-state index in [1.165, 1.54) is 12.8 Å². The molecule has 5 heteroatoms. The van der Waals surface area contributed by atoms with Gasteiger partial charge in [-0.1, -0.05) is 0 Å². The van der Waals surface area contributed by atoms with E-state index in [2.05, 4.69) is 17.3 Å². The summed E-state index contributed by atoms with van der Waals surface area (Å²) in [5.74, 6) is 0. The average molecular weight is 241 g/mol. The summed E-state index contributed by atoms with van der Waals surface area (Å²) in [7, 11) is 2.15. The Morgan fingerprint density at radius 3 is 2.65 bits per heavy atom. The number of hydrogen-bond donors (Lipinski definition) is 2. The van der Waals surface area contributed by atoms with E-state index in [-0.39, 0.29) is 6.04 Å². The summed E-state index contributed by atoms with van der Waals surface area (Å²) in [6, 6.07) is 0.759. The van der Waals surface area contributed by atoms with E-state index < -0.39 is 6.09 Å². The van der Waals surface area contributed by atoms with E-state index in [1.54, 1.807) is 4.90 Å². The highest BCUT2D eigenvalue weighted by Gasteiger charge is 2.28. The Morgan fingerprint density at radius 2 is 2.00 bits per heavy atom. The Balaban J connectivity index is 1.72. The third-order valence-corrected chi connectivity index (χ3v) is 3.98. The highest BCUT2D eigenvalue weighted by Crippen LogP contribution is 2.17. The van der Waals surface area contributed by atoms with Crippen molar-refractivity contribution in [1.82, 2.24) is 15.1 Å². The molecule has 0 aromatic heterocycles. The van der Waals surface area contributed by atoms with Crippen molar-refractivity contribution in [3.63, 3.8) is 0 Å². The van der Waals surface area contributed by atoms with Gasteiger partial charge in [0.25, 0.3) is 0 Å². The second-order valence-corrected chi connectivity index (χ2v) is 5.26. The Kier molecular flexibility index (Phi) is 4.23. The van der Waals surface area contributed by atoms with Crippen LogP contribution in [0.25, 0.3) is 0 Å². The molecule has 2 saturated heterocycles. The molecule has 0 aromatic rings. The summed E-state index contributed by atoms with van der Waals surface area (Å²) in [6.07, 6.45) is 3.60. The van der Waals surface area contributed by atoms with Crippen molar-refractivity contribution in [3.8, 4) is 0 Å².